The number of rotatable bonds is 4. The molecule has 4 nitrogen and oxygen atoms in total. The Labute approximate surface area is 138 Å². The van der Waals surface area contributed by atoms with Crippen molar-refractivity contribution < 1.29 is 15.0 Å². The summed E-state index contributed by atoms with van der Waals surface area (Å²) in [4.78, 5) is 11.0. The largest absolute Gasteiger partial charge is 0.390 e. The van der Waals surface area contributed by atoms with Crippen LogP contribution in [0.15, 0.2) is 12.1 Å². The lowest BCUT2D eigenvalue weighted by molar-refractivity contribution is -0.121. The van der Waals surface area contributed by atoms with Crippen LogP contribution in [-0.4, -0.2) is 22.2 Å². The molecule has 2 atom stereocenters. The van der Waals surface area contributed by atoms with Crippen LogP contribution in [0.1, 0.15) is 75.3 Å². The monoisotopic (exact) mass is 319 g/mol. The van der Waals surface area contributed by atoms with Crippen LogP contribution < -0.4 is 5.73 Å². The minimum atomic E-state index is -1.18. The highest BCUT2D eigenvalue weighted by Crippen LogP contribution is 2.47. The van der Waals surface area contributed by atoms with Crippen LogP contribution in [0, 0.1) is 6.92 Å². The molecule has 0 saturated heterocycles. The van der Waals surface area contributed by atoms with Gasteiger partial charge in [0.15, 0.2) is 0 Å². The maximum Gasteiger partial charge on any atom is 0.220 e. The summed E-state index contributed by atoms with van der Waals surface area (Å²) in [5.74, 6) is -0.617. The van der Waals surface area contributed by atoms with Gasteiger partial charge in [0.1, 0.15) is 6.10 Å². The molecule has 0 bridgehead atoms. The zero-order chi connectivity index (χ0) is 17.6. The number of hydrogen-bond acceptors (Lipinski definition) is 3. The Morgan fingerprint density at radius 2 is 1.61 bits per heavy atom. The molecular weight excluding hydrogens is 290 g/mol. The third-order valence-electron chi connectivity index (χ3n) is 5.33. The number of carbonyl (C=O) groups is 1. The van der Waals surface area contributed by atoms with Crippen LogP contribution in [0.2, 0.25) is 0 Å². The Bertz CT molecular complexity index is 619. The molecule has 1 amide bonds. The van der Waals surface area contributed by atoms with Crippen LogP contribution in [0.25, 0.3) is 0 Å². The van der Waals surface area contributed by atoms with Crippen molar-refractivity contribution in [2.24, 2.45) is 5.73 Å². The maximum absolute atomic E-state index is 11.0. The van der Waals surface area contributed by atoms with Gasteiger partial charge in [0.2, 0.25) is 5.91 Å². The summed E-state index contributed by atoms with van der Waals surface area (Å²) in [6, 6.07) is 4.15. The number of aliphatic hydroxyl groups is 2. The van der Waals surface area contributed by atoms with Crippen molar-refractivity contribution in [2.45, 2.75) is 76.9 Å². The Morgan fingerprint density at radius 3 is 2.09 bits per heavy atom. The quantitative estimate of drug-likeness (QED) is 0.797. The van der Waals surface area contributed by atoms with Crippen molar-refractivity contribution in [2.75, 3.05) is 0 Å². The van der Waals surface area contributed by atoms with Crippen LogP contribution in [0.3, 0.4) is 0 Å². The third kappa shape index (κ3) is 3.43. The Hall–Kier alpha value is -1.39. The van der Waals surface area contributed by atoms with Crippen molar-refractivity contribution in [1.29, 1.82) is 0 Å². The molecule has 4 heteroatoms. The first-order valence-electron chi connectivity index (χ1n) is 8.25. The van der Waals surface area contributed by atoms with Crippen molar-refractivity contribution in [1.82, 2.24) is 0 Å². The predicted molar refractivity (Wildman–Crippen MR) is 91.2 cm³/mol. The number of nitrogens with two attached hydrogens (primary N) is 1. The van der Waals surface area contributed by atoms with E-state index in [1.54, 1.807) is 0 Å². The van der Waals surface area contributed by atoms with Crippen LogP contribution in [0.4, 0.5) is 0 Å². The number of carbonyl (C=O) groups excluding carboxylic acids is 1. The van der Waals surface area contributed by atoms with Gasteiger partial charge >= 0.3 is 0 Å². The molecule has 2 unspecified atom stereocenters. The van der Waals surface area contributed by atoms with Gasteiger partial charge in [0.05, 0.1) is 12.5 Å². The number of fused-ring (bicyclic) bond motifs is 1. The number of primary amides is 1. The van der Waals surface area contributed by atoms with E-state index in [1.165, 1.54) is 11.1 Å². The summed E-state index contributed by atoms with van der Waals surface area (Å²) in [6.45, 7) is 10.9. The smallest absolute Gasteiger partial charge is 0.220 e. The fourth-order valence-corrected chi connectivity index (χ4v) is 3.58. The second kappa shape index (κ2) is 5.91. The van der Waals surface area contributed by atoms with Crippen molar-refractivity contribution in [3.8, 4) is 0 Å². The third-order valence-corrected chi connectivity index (χ3v) is 5.33. The molecule has 23 heavy (non-hydrogen) atoms. The normalized spacial score (nSPS) is 21.3. The van der Waals surface area contributed by atoms with Gasteiger partial charge in [-0.25, -0.2) is 0 Å². The van der Waals surface area contributed by atoms with E-state index < -0.39 is 18.1 Å². The molecule has 0 aromatic heterocycles. The lowest BCUT2D eigenvalue weighted by atomic mass is 9.62. The number of aliphatic hydroxyl groups excluding tert-OH is 2. The van der Waals surface area contributed by atoms with E-state index >= 15 is 0 Å². The Kier molecular flexibility index (Phi) is 4.62. The van der Waals surface area contributed by atoms with E-state index in [0.717, 1.165) is 18.4 Å². The Morgan fingerprint density at radius 1 is 1.13 bits per heavy atom. The molecule has 1 aliphatic carbocycles. The summed E-state index contributed by atoms with van der Waals surface area (Å²) in [5.41, 5.74) is 9.41. The molecule has 2 rings (SSSR count). The molecule has 0 saturated carbocycles. The average Bonchev–Trinajstić information content (AvgIpc) is 2.42. The fraction of sp³-hybridized carbons (Fsp3) is 0.632. The molecule has 0 heterocycles. The zero-order valence-electron chi connectivity index (χ0n) is 14.8. The minimum absolute atomic E-state index is 0.0294. The van der Waals surface area contributed by atoms with E-state index in [9.17, 15) is 15.0 Å². The predicted octanol–water partition coefficient (Wildman–Crippen LogP) is 2.61. The molecule has 0 spiro atoms. The van der Waals surface area contributed by atoms with Crippen molar-refractivity contribution in [3.05, 3.63) is 34.4 Å². The first-order chi connectivity index (χ1) is 10.5. The second-order valence-electron chi connectivity index (χ2n) is 8.20. The van der Waals surface area contributed by atoms with Gasteiger partial charge in [-0.1, -0.05) is 39.8 Å². The first-order valence-corrected chi connectivity index (χ1v) is 8.25. The summed E-state index contributed by atoms with van der Waals surface area (Å²) in [6.07, 6.45) is -0.321. The lowest BCUT2D eigenvalue weighted by Gasteiger charge is -2.42. The number of benzene rings is 1. The summed E-state index contributed by atoms with van der Waals surface area (Å²) in [7, 11) is 0. The number of aryl methyl sites for hydroxylation is 1. The molecule has 1 aromatic carbocycles. The van der Waals surface area contributed by atoms with Gasteiger partial charge in [-0.15, -0.1) is 0 Å². The van der Waals surface area contributed by atoms with Crippen molar-refractivity contribution >= 4 is 5.91 Å². The standard InChI is InChI=1S/C19H29NO3/c1-11-8-13-14(19(4,5)7-6-18(13,2)3)9-12(11)17(23)15(21)10-16(20)22/h8-9,15,17,21,23H,6-7,10H2,1-5H3,(H2,20,22). The first kappa shape index (κ1) is 18.0. The molecule has 4 N–H and O–H groups in total. The molecule has 0 aliphatic heterocycles. The summed E-state index contributed by atoms with van der Waals surface area (Å²) < 4.78 is 0. The molecule has 128 valence electrons. The fourth-order valence-electron chi connectivity index (χ4n) is 3.58. The zero-order valence-corrected chi connectivity index (χ0v) is 14.8. The highest BCUT2D eigenvalue weighted by molar-refractivity contribution is 5.74. The van der Waals surface area contributed by atoms with Gasteiger partial charge in [-0.3, -0.25) is 4.79 Å². The number of hydrogen-bond donors (Lipinski definition) is 3. The van der Waals surface area contributed by atoms with Gasteiger partial charge in [-0.2, -0.15) is 0 Å². The van der Waals surface area contributed by atoms with E-state index in [2.05, 4.69) is 33.8 Å². The minimum Gasteiger partial charge on any atom is -0.390 e. The SMILES string of the molecule is Cc1cc2c(cc1C(O)C(O)CC(N)=O)C(C)(C)CCC2(C)C. The highest BCUT2D eigenvalue weighted by atomic mass is 16.3. The summed E-state index contributed by atoms with van der Waals surface area (Å²) >= 11 is 0. The molecule has 1 aliphatic rings. The van der Waals surface area contributed by atoms with E-state index in [1.807, 2.05) is 13.0 Å². The summed E-state index contributed by atoms with van der Waals surface area (Å²) in [5, 5.41) is 20.5. The molecule has 0 fully saturated rings. The number of amides is 1. The van der Waals surface area contributed by atoms with Crippen molar-refractivity contribution in [3.63, 3.8) is 0 Å². The molecule has 0 radical (unpaired) electrons. The van der Waals surface area contributed by atoms with Gasteiger partial charge in [0.25, 0.3) is 0 Å². The lowest BCUT2D eigenvalue weighted by Crippen LogP contribution is -2.34. The molecule has 1 aromatic rings. The van der Waals surface area contributed by atoms with E-state index in [-0.39, 0.29) is 17.3 Å². The van der Waals surface area contributed by atoms with E-state index in [0.29, 0.717) is 5.56 Å². The van der Waals surface area contributed by atoms with Crippen LogP contribution in [-0.2, 0) is 15.6 Å². The van der Waals surface area contributed by atoms with Gasteiger partial charge in [-0.05, 0) is 52.8 Å². The highest BCUT2D eigenvalue weighted by Gasteiger charge is 2.38. The second-order valence-corrected chi connectivity index (χ2v) is 8.20. The van der Waals surface area contributed by atoms with Gasteiger partial charge < -0.3 is 15.9 Å². The topological polar surface area (TPSA) is 83.6 Å². The van der Waals surface area contributed by atoms with Gasteiger partial charge in [0, 0.05) is 0 Å². The maximum atomic E-state index is 11.0. The van der Waals surface area contributed by atoms with E-state index in [4.69, 9.17) is 5.73 Å². The van der Waals surface area contributed by atoms with Crippen LogP contribution >= 0.6 is 0 Å². The Balaban J connectivity index is 2.51. The molecular formula is C19H29NO3. The average molecular weight is 319 g/mol. The van der Waals surface area contributed by atoms with Crippen LogP contribution in [0.5, 0.6) is 0 Å².